The summed E-state index contributed by atoms with van der Waals surface area (Å²) in [6, 6.07) is 11.5. The molecule has 0 N–H and O–H groups in total. The number of hydrogen-bond donors (Lipinski definition) is 0. The Balaban J connectivity index is 1.81. The number of ether oxygens (including phenoxy) is 3. The third kappa shape index (κ3) is 4.27. The molecule has 2 atom stereocenters. The smallest absolute Gasteiger partial charge is 0.263 e. The number of benzene rings is 2. The van der Waals surface area contributed by atoms with Crippen LogP contribution in [0, 0.1) is 6.92 Å². The highest BCUT2D eigenvalue weighted by Crippen LogP contribution is 2.39. The molecule has 0 saturated carbocycles. The van der Waals surface area contributed by atoms with Crippen molar-refractivity contribution in [1.29, 1.82) is 0 Å². The molecule has 1 heterocycles. The van der Waals surface area contributed by atoms with Crippen LogP contribution in [0.2, 0.25) is 0 Å². The molecule has 1 saturated heterocycles. The Hall–Kier alpha value is -2.21. The van der Waals surface area contributed by atoms with E-state index in [2.05, 4.69) is 15.9 Å². The van der Waals surface area contributed by atoms with Crippen LogP contribution < -0.4 is 14.2 Å². The predicted octanol–water partition coefficient (Wildman–Crippen LogP) is 4.91. The van der Waals surface area contributed by atoms with Crippen molar-refractivity contribution in [3.63, 3.8) is 0 Å². The van der Waals surface area contributed by atoms with Gasteiger partial charge in [0.05, 0.1) is 24.7 Å². The number of methoxy groups -OCH3 is 2. The van der Waals surface area contributed by atoms with Crippen LogP contribution in [0.4, 0.5) is 0 Å². The molecule has 3 rings (SSSR count). The van der Waals surface area contributed by atoms with Crippen LogP contribution in [0.5, 0.6) is 17.2 Å². The maximum atomic E-state index is 13.2. The van der Waals surface area contributed by atoms with Gasteiger partial charge in [0.1, 0.15) is 17.2 Å². The van der Waals surface area contributed by atoms with E-state index < -0.39 is 6.10 Å². The van der Waals surface area contributed by atoms with Gasteiger partial charge < -0.3 is 19.1 Å². The highest BCUT2D eigenvalue weighted by molar-refractivity contribution is 9.10. The second kappa shape index (κ2) is 8.86. The summed E-state index contributed by atoms with van der Waals surface area (Å²) in [5.74, 6) is 2.16. The average Bonchev–Trinajstić information content (AvgIpc) is 3.18. The fourth-order valence-corrected chi connectivity index (χ4v) is 4.22. The first-order chi connectivity index (χ1) is 13.4. The van der Waals surface area contributed by atoms with Crippen LogP contribution in [0.3, 0.4) is 0 Å². The van der Waals surface area contributed by atoms with Gasteiger partial charge in [0.25, 0.3) is 5.91 Å². The van der Waals surface area contributed by atoms with E-state index in [1.807, 2.05) is 48.2 Å². The first-order valence-corrected chi connectivity index (χ1v) is 10.2. The van der Waals surface area contributed by atoms with E-state index in [4.69, 9.17) is 14.2 Å². The number of halogens is 1. The minimum absolute atomic E-state index is 0.0279. The summed E-state index contributed by atoms with van der Waals surface area (Å²) in [5.41, 5.74) is 2.10. The number of amides is 1. The monoisotopic (exact) mass is 447 g/mol. The van der Waals surface area contributed by atoms with Crippen molar-refractivity contribution in [2.75, 3.05) is 20.8 Å². The van der Waals surface area contributed by atoms with Crippen LogP contribution in [-0.4, -0.2) is 37.7 Å². The number of nitrogens with zero attached hydrogens (tertiary/aromatic N) is 1. The standard InChI is InChI=1S/C22H26BrNO4/c1-14-7-9-21(18(23)12-14)28-15(2)22(25)24-11-5-6-19(24)17-13-16(26-3)8-10-20(17)27-4/h7-10,12-13,15,19H,5-6,11H2,1-4H3. The molecule has 1 aliphatic rings. The van der Waals surface area contributed by atoms with Gasteiger partial charge in [-0.1, -0.05) is 6.07 Å². The van der Waals surface area contributed by atoms with Crippen molar-refractivity contribution in [2.24, 2.45) is 0 Å². The van der Waals surface area contributed by atoms with E-state index in [1.54, 1.807) is 21.1 Å². The van der Waals surface area contributed by atoms with E-state index in [1.165, 1.54) is 0 Å². The summed E-state index contributed by atoms with van der Waals surface area (Å²) in [6.07, 6.45) is 1.24. The van der Waals surface area contributed by atoms with Gasteiger partial charge in [-0.05, 0) is 78.5 Å². The second-order valence-electron chi connectivity index (χ2n) is 6.99. The fourth-order valence-electron chi connectivity index (χ4n) is 3.63. The molecule has 28 heavy (non-hydrogen) atoms. The summed E-state index contributed by atoms with van der Waals surface area (Å²) >= 11 is 3.51. The highest BCUT2D eigenvalue weighted by atomic mass is 79.9. The van der Waals surface area contributed by atoms with Crippen LogP contribution in [0.1, 0.15) is 36.9 Å². The van der Waals surface area contributed by atoms with Gasteiger partial charge in [-0.3, -0.25) is 4.79 Å². The number of carbonyl (C=O) groups excluding carboxylic acids is 1. The van der Waals surface area contributed by atoms with Crippen molar-refractivity contribution in [1.82, 2.24) is 4.90 Å². The Bertz CT molecular complexity index is 854. The molecular formula is C22H26BrNO4. The molecule has 0 bridgehead atoms. The quantitative estimate of drug-likeness (QED) is 0.631. The Morgan fingerprint density at radius 3 is 2.57 bits per heavy atom. The Morgan fingerprint density at radius 2 is 1.89 bits per heavy atom. The zero-order valence-electron chi connectivity index (χ0n) is 16.7. The predicted molar refractivity (Wildman–Crippen MR) is 112 cm³/mol. The van der Waals surface area contributed by atoms with Crippen molar-refractivity contribution < 1.29 is 19.0 Å². The largest absolute Gasteiger partial charge is 0.497 e. The van der Waals surface area contributed by atoms with Gasteiger partial charge in [-0.2, -0.15) is 0 Å². The summed E-state index contributed by atoms with van der Waals surface area (Å²) in [6.45, 7) is 4.51. The third-order valence-electron chi connectivity index (χ3n) is 5.07. The normalized spacial score (nSPS) is 17.3. The molecule has 6 heteroatoms. The Kier molecular flexibility index (Phi) is 6.50. The van der Waals surface area contributed by atoms with Gasteiger partial charge in [-0.15, -0.1) is 0 Å². The Morgan fingerprint density at radius 1 is 1.14 bits per heavy atom. The van der Waals surface area contributed by atoms with E-state index in [-0.39, 0.29) is 11.9 Å². The first-order valence-electron chi connectivity index (χ1n) is 9.39. The SMILES string of the molecule is COc1ccc(OC)c(C2CCCN2C(=O)C(C)Oc2ccc(C)cc2Br)c1. The molecule has 0 spiro atoms. The van der Waals surface area contributed by atoms with Crippen molar-refractivity contribution >= 4 is 21.8 Å². The van der Waals surface area contributed by atoms with Crippen LogP contribution >= 0.6 is 15.9 Å². The molecule has 2 aromatic rings. The van der Waals surface area contributed by atoms with E-state index >= 15 is 0 Å². The van der Waals surface area contributed by atoms with Gasteiger partial charge in [0.2, 0.25) is 0 Å². The Labute approximate surface area is 174 Å². The van der Waals surface area contributed by atoms with Gasteiger partial charge in [-0.25, -0.2) is 0 Å². The number of aryl methyl sites for hydroxylation is 1. The average molecular weight is 448 g/mol. The molecule has 1 aliphatic heterocycles. The zero-order valence-corrected chi connectivity index (χ0v) is 18.3. The van der Waals surface area contributed by atoms with Crippen LogP contribution in [0.15, 0.2) is 40.9 Å². The number of hydrogen-bond acceptors (Lipinski definition) is 4. The van der Waals surface area contributed by atoms with Crippen LogP contribution in [0.25, 0.3) is 0 Å². The molecule has 150 valence electrons. The lowest BCUT2D eigenvalue weighted by Gasteiger charge is -2.29. The molecule has 0 aliphatic carbocycles. The van der Waals surface area contributed by atoms with E-state index in [0.29, 0.717) is 12.3 Å². The topological polar surface area (TPSA) is 48.0 Å². The lowest BCUT2D eigenvalue weighted by atomic mass is 10.0. The van der Waals surface area contributed by atoms with Crippen LogP contribution in [-0.2, 0) is 4.79 Å². The number of carbonyl (C=O) groups is 1. The fraction of sp³-hybridized carbons (Fsp3) is 0.409. The van der Waals surface area contributed by atoms with Crippen molar-refractivity contribution in [3.8, 4) is 17.2 Å². The highest BCUT2D eigenvalue weighted by Gasteiger charge is 2.35. The minimum atomic E-state index is -0.587. The minimum Gasteiger partial charge on any atom is -0.497 e. The summed E-state index contributed by atoms with van der Waals surface area (Å²) in [7, 11) is 3.28. The van der Waals surface area contributed by atoms with Gasteiger partial charge in [0, 0.05) is 12.1 Å². The maximum Gasteiger partial charge on any atom is 0.263 e. The first kappa shape index (κ1) is 20.5. The van der Waals surface area contributed by atoms with Crippen molar-refractivity contribution in [3.05, 3.63) is 52.0 Å². The molecular weight excluding hydrogens is 422 g/mol. The van der Waals surface area contributed by atoms with Gasteiger partial charge >= 0.3 is 0 Å². The molecule has 5 nitrogen and oxygen atoms in total. The summed E-state index contributed by atoms with van der Waals surface area (Å²) in [5, 5.41) is 0. The number of rotatable bonds is 6. The zero-order chi connectivity index (χ0) is 20.3. The van der Waals surface area contributed by atoms with Gasteiger partial charge in [0.15, 0.2) is 6.10 Å². The lowest BCUT2D eigenvalue weighted by molar-refractivity contribution is -0.139. The molecule has 2 aromatic carbocycles. The summed E-state index contributed by atoms with van der Waals surface area (Å²) < 4.78 is 17.7. The van der Waals surface area contributed by atoms with E-state index in [9.17, 15) is 4.79 Å². The molecule has 1 fully saturated rings. The second-order valence-corrected chi connectivity index (χ2v) is 7.85. The lowest BCUT2D eigenvalue weighted by Crippen LogP contribution is -2.40. The molecule has 2 unspecified atom stereocenters. The van der Waals surface area contributed by atoms with Crippen molar-refractivity contribution in [2.45, 2.75) is 38.8 Å². The molecule has 1 amide bonds. The van der Waals surface area contributed by atoms with E-state index in [0.717, 1.165) is 39.9 Å². The molecule has 0 radical (unpaired) electrons. The summed E-state index contributed by atoms with van der Waals surface area (Å²) in [4.78, 5) is 15.1. The maximum absolute atomic E-state index is 13.2. The third-order valence-corrected chi connectivity index (χ3v) is 5.69. The molecule has 0 aromatic heterocycles. The number of likely N-dealkylation sites (tertiary alicyclic amines) is 1.